The van der Waals surface area contributed by atoms with Crippen molar-refractivity contribution >= 4 is 10.1 Å². The second-order valence-corrected chi connectivity index (χ2v) is 4.34. The van der Waals surface area contributed by atoms with Crippen molar-refractivity contribution in [2.75, 3.05) is 0 Å². The van der Waals surface area contributed by atoms with E-state index in [9.17, 15) is 18.1 Å². The van der Waals surface area contributed by atoms with E-state index in [2.05, 4.69) is 5.10 Å². The van der Waals surface area contributed by atoms with Crippen molar-refractivity contribution in [2.45, 2.75) is 18.8 Å². The molecule has 80 valence electrons. The van der Waals surface area contributed by atoms with Crippen LogP contribution < -0.4 is 29.6 Å². The molecule has 8 heteroatoms. The van der Waals surface area contributed by atoms with E-state index in [1.807, 2.05) is 0 Å². The molecular weight excluding hydrogens is 231 g/mol. The van der Waals surface area contributed by atoms with Crippen LogP contribution in [0.15, 0.2) is 6.20 Å². The van der Waals surface area contributed by atoms with Gasteiger partial charge in [-0.2, -0.15) is 5.10 Å². The summed E-state index contributed by atoms with van der Waals surface area (Å²) >= 11 is 0. The average Bonchev–Trinajstić information content (AvgIpc) is 2.43. The van der Waals surface area contributed by atoms with Crippen LogP contribution in [0.4, 0.5) is 0 Å². The van der Waals surface area contributed by atoms with Gasteiger partial charge in [0.15, 0.2) is 5.44 Å². The topological polar surface area (TPSA) is 95.2 Å². The fourth-order valence-corrected chi connectivity index (χ4v) is 1.70. The Kier molecular flexibility index (Phi) is 5.45. The molecule has 1 N–H and O–H groups in total. The maximum Gasteiger partial charge on any atom is 1.00 e. The zero-order valence-corrected chi connectivity index (χ0v) is 11.7. The molecule has 0 saturated carbocycles. The minimum atomic E-state index is -4.72. The Morgan fingerprint density at radius 3 is 2.60 bits per heavy atom. The second kappa shape index (κ2) is 5.42. The predicted molar refractivity (Wildman–Crippen MR) is 47.2 cm³/mol. The van der Waals surface area contributed by atoms with Crippen LogP contribution in [0.1, 0.15) is 23.6 Å². The van der Waals surface area contributed by atoms with Crippen LogP contribution in [0.25, 0.3) is 0 Å². The summed E-state index contributed by atoms with van der Waals surface area (Å²) in [5.41, 5.74) is -1.55. The van der Waals surface area contributed by atoms with Gasteiger partial charge in [-0.3, -0.25) is 4.68 Å². The van der Waals surface area contributed by atoms with Crippen LogP contribution in [-0.2, 0) is 23.6 Å². The molecule has 1 rings (SSSR count). The number of aryl methyl sites for hydroxylation is 2. The molecule has 0 amide bonds. The number of hydrogen-bond donors (Lipinski definition) is 1. The molecule has 0 aromatic carbocycles. The molecule has 0 radical (unpaired) electrons. The Morgan fingerprint density at radius 2 is 2.20 bits per heavy atom. The monoisotopic (exact) mass is 242 g/mol. The van der Waals surface area contributed by atoms with Crippen molar-refractivity contribution in [3.63, 3.8) is 0 Å². The molecule has 0 fully saturated rings. The van der Waals surface area contributed by atoms with Gasteiger partial charge in [-0.25, -0.2) is 8.42 Å². The molecule has 0 aliphatic heterocycles. The van der Waals surface area contributed by atoms with E-state index in [4.69, 9.17) is 0 Å². The number of aliphatic hydroxyl groups excluding tert-OH is 1. The van der Waals surface area contributed by atoms with Gasteiger partial charge < -0.3 is 9.66 Å². The summed E-state index contributed by atoms with van der Waals surface area (Å²) < 4.78 is 33.1. The van der Waals surface area contributed by atoms with Gasteiger partial charge in [0.2, 0.25) is 0 Å². The first kappa shape index (κ1) is 15.1. The van der Waals surface area contributed by atoms with Gasteiger partial charge in [0.1, 0.15) is 10.1 Å². The zero-order valence-electron chi connectivity index (χ0n) is 8.84. The van der Waals surface area contributed by atoms with Gasteiger partial charge in [-0.05, 0) is 6.42 Å². The van der Waals surface area contributed by atoms with Crippen molar-refractivity contribution in [3.8, 4) is 0 Å². The third kappa shape index (κ3) is 3.54. The van der Waals surface area contributed by atoms with Crippen molar-refractivity contribution in [2.24, 2.45) is 7.05 Å². The number of rotatable bonds is 3. The van der Waals surface area contributed by atoms with Crippen molar-refractivity contribution < 1.29 is 47.6 Å². The molecule has 1 aromatic rings. The maximum absolute atomic E-state index is 10.6. The maximum atomic E-state index is 10.6. The smallest absolute Gasteiger partial charge is 0.746 e. The quantitative estimate of drug-likeness (QED) is 0.439. The number of aliphatic hydroxyl groups is 1. The molecule has 0 spiro atoms. The molecule has 6 nitrogen and oxygen atoms in total. The van der Waals surface area contributed by atoms with E-state index in [0.717, 1.165) is 0 Å². The van der Waals surface area contributed by atoms with Gasteiger partial charge >= 0.3 is 29.6 Å². The van der Waals surface area contributed by atoms with Crippen LogP contribution in [-0.4, -0.2) is 27.9 Å². The summed E-state index contributed by atoms with van der Waals surface area (Å²) in [6, 6.07) is 0. The van der Waals surface area contributed by atoms with E-state index >= 15 is 0 Å². The Bertz CT molecular complexity index is 428. The molecule has 0 bridgehead atoms. The second-order valence-electron chi connectivity index (χ2n) is 2.90. The van der Waals surface area contributed by atoms with E-state index in [-0.39, 0.29) is 35.1 Å². The summed E-state index contributed by atoms with van der Waals surface area (Å²) in [5, 5.41) is 13.1. The molecule has 15 heavy (non-hydrogen) atoms. The van der Waals surface area contributed by atoms with E-state index in [1.165, 1.54) is 10.9 Å². The van der Waals surface area contributed by atoms with Crippen LogP contribution in [0.2, 0.25) is 0 Å². The van der Waals surface area contributed by atoms with Gasteiger partial charge in [0.05, 0.1) is 5.69 Å². The van der Waals surface area contributed by atoms with Gasteiger partial charge in [-0.1, -0.05) is 6.92 Å². The van der Waals surface area contributed by atoms with Crippen molar-refractivity contribution in [1.29, 1.82) is 0 Å². The number of nitrogens with zero attached hydrogens (tertiary/aromatic N) is 2. The number of hydrogen-bond acceptors (Lipinski definition) is 5. The molecule has 1 atom stereocenters. The first-order chi connectivity index (χ1) is 6.36. The first-order valence-corrected chi connectivity index (χ1v) is 5.48. The molecule has 0 saturated heterocycles. The summed E-state index contributed by atoms with van der Waals surface area (Å²) in [6.45, 7) is 1.76. The summed E-state index contributed by atoms with van der Waals surface area (Å²) in [6.07, 6.45) is 1.79. The van der Waals surface area contributed by atoms with Gasteiger partial charge in [0.25, 0.3) is 0 Å². The Labute approximate surface area is 110 Å². The fourth-order valence-electron chi connectivity index (χ4n) is 1.19. The normalized spacial score (nSPS) is 13.3. The fraction of sp³-hybridized carbons (Fsp3) is 0.571. The minimum Gasteiger partial charge on any atom is -0.746 e. The number of aromatic nitrogens is 2. The minimum absolute atomic E-state index is 0. The molecule has 1 aromatic heterocycles. The molecule has 0 aliphatic rings. The average molecular weight is 242 g/mol. The van der Waals surface area contributed by atoms with E-state index in [1.54, 1.807) is 14.0 Å². The van der Waals surface area contributed by atoms with Crippen LogP contribution >= 0.6 is 0 Å². The van der Waals surface area contributed by atoms with Gasteiger partial charge in [0, 0.05) is 18.8 Å². The largest absolute Gasteiger partial charge is 1.00 e. The molecule has 1 heterocycles. The molecule has 1 unspecified atom stereocenters. The summed E-state index contributed by atoms with van der Waals surface area (Å²) in [5.74, 6) is 0. The predicted octanol–water partition coefficient (Wildman–Crippen LogP) is -3.48. The summed E-state index contributed by atoms with van der Waals surface area (Å²) in [4.78, 5) is 0. The Hall–Kier alpha value is 0.0800. The third-order valence-electron chi connectivity index (χ3n) is 1.81. The van der Waals surface area contributed by atoms with Crippen molar-refractivity contribution in [3.05, 3.63) is 17.5 Å². The standard InChI is InChI=1S/C7H12N2O4S.Na/c1-3-6-5(4-9(2)8-6)7(10)14(11,12)13;/h4,7,10H,3H2,1-2H3,(H,11,12,13);/q;+1/p-1. The SMILES string of the molecule is CCc1nn(C)cc1C(O)S(=O)(=O)[O-].[Na+]. The Balaban J connectivity index is 0.00000196. The Morgan fingerprint density at radius 1 is 1.67 bits per heavy atom. The van der Waals surface area contributed by atoms with Gasteiger partial charge in [-0.15, -0.1) is 0 Å². The van der Waals surface area contributed by atoms with Crippen LogP contribution in [0.5, 0.6) is 0 Å². The van der Waals surface area contributed by atoms with Crippen LogP contribution in [0, 0.1) is 0 Å². The molecule has 0 aliphatic carbocycles. The van der Waals surface area contributed by atoms with Crippen molar-refractivity contribution in [1.82, 2.24) is 9.78 Å². The first-order valence-electron chi connectivity index (χ1n) is 4.01. The van der Waals surface area contributed by atoms with E-state index in [0.29, 0.717) is 12.1 Å². The third-order valence-corrected chi connectivity index (χ3v) is 2.61. The van der Waals surface area contributed by atoms with E-state index < -0.39 is 15.6 Å². The van der Waals surface area contributed by atoms with Crippen LogP contribution in [0.3, 0.4) is 0 Å². The molecular formula is C7H11N2NaO4S. The zero-order chi connectivity index (χ0) is 10.9. The summed E-state index contributed by atoms with van der Waals surface area (Å²) in [7, 11) is -3.13.